The molecule has 39 heavy (non-hydrogen) atoms. The van der Waals surface area contributed by atoms with E-state index >= 15 is 0 Å². The lowest BCUT2D eigenvalue weighted by Gasteiger charge is -2.38. The predicted molar refractivity (Wildman–Crippen MR) is 146 cm³/mol. The van der Waals surface area contributed by atoms with Crippen LogP contribution in [0.25, 0.3) is 27.7 Å². The number of amides is 1. The summed E-state index contributed by atoms with van der Waals surface area (Å²) >= 11 is 0. The Morgan fingerprint density at radius 1 is 0.974 bits per heavy atom. The molecule has 1 aliphatic rings. The monoisotopic (exact) mass is 523 g/mol. The van der Waals surface area contributed by atoms with Crippen LogP contribution in [0.2, 0.25) is 0 Å². The van der Waals surface area contributed by atoms with Gasteiger partial charge in [0.05, 0.1) is 38.5 Å². The predicted octanol–water partition coefficient (Wildman–Crippen LogP) is 3.88. The molecule has 0 spiro atoms. The Morgan fingerprint density at radius 3 is 2.59 bits per heavy atom. The van der Waals surface area contributed by atoms with Gasteiger partial charge in [-0.2, -0.15) is 5.10 Å². The van der Waals surface area contributed by atoms with Crippen LogP contribution in [-0.2, 0) is 4.79 Å². The van der Waals surface area contributed by atoms with E-state index in [0.717, 1.165) is 27.8 Å². The number of nitrogens with zero attached hydrogens (tertiary/aromatic N) is 6. The van der Waals surface area contributed by atoms with Crippen LogP contribution in [0.15, 0.2) is 74.0 Å². The van der Waals surface area contributed by atoms with Gasteiger partial charge in [0, 0.05) is 17.6 Å². The number of benzene rings is 2. The van der Waals surface area contributed by atoms with Gasteiger partial charge in [0.2, 0.25) is 5.91 Å². The summed E-state index contributed by atoms with van der Waals surface area (Å²) in [5, 5.41) is 8.32. The third-order valence-corrected chi connectivity index (χ3v) is 6.62. The summed E-state index contributed by atoms with van der Waals surface area (Å²) in [6, 6.07) is 13.5. The first-order valence-electron chi connectivity index (χ1n) is 12.2. The number of methoxy groups -OCH3 is 2. The van der Waals surface area contributed by atoms with E-state index in [1.807, 2.05) is 48.7 Å². The summed E-state index contributed by atoms with van der Waals surface area (Å²) < 4.78 is 19.1. The summed E-state index contributed by atoms with van der Waals surface area (Å²) in [6.07, 6.45) is 6.04. The number of fused-ring (bicyclic) bond motifs is 2. The first-order chi connectivity index (χ1) is 19.1. The number of hydrogen-bond acceptors (Lipinski definition) is 9. The smallest absolute Gasteiger partial charge is 0.246 e. The topological polar surface area (TPSA) is 116 Å². The van der Waals surface area contributed by atoms with Crippen molar-refractivity contribution in [2.45, 2.75) is 6.10 Å². The zero-order valence-corrected chi connectivity index (χ0v) is 21.4. The van der Waals surface area contributed by atoms with Gasteiger partial charge in [0.1, 0.15) is 30.3 Å². The van der Waals surface area contributed by atoms with Gasteiger partial charge in [-0.1, -0.05) is 12.6 Å². The van der Waals surface area contributed by atoms with Crippen LogP contribution in [0.3, 0.4) is 0 Å². The number of nitrogens with one attached hydrogen (secondary N) is 1. The fourth-order valence-corrected chi connectivity index (χ4v) is 4.52. The molecule has 2 aromatic carbocycles. The summed E-state index contributed by atoms with van der Waals surface area (Å²) in [5.41, 5.74) is 4.12. The highest BCUT2D eigenvalue weighted by Crippen LogP contribution is 2.38. The molecule has 11 heteroatoms. The number of aromatic nitrogens is 5. The highest BCUT2D eigenvalue weighted by Gasteiger charge is 2.31. The molecule has 1 N–H and O–H groups in total. The minimum Gasteiger partial charge on any atom is -0.495 e. The average molecular weight is 524 g/mol. The maximum absolute atomic E-state index is 11.8. The van der Waals surface area contributed by atoms with Gasteiger partial charge in [-0.3, -0.25) is 4.79 Å². The van der Waals surface area contributed by atoms with Crippen molar-refractivity contribution in [3.63, 3.8) is 0 Å². The highest BCUT2D eigenvalue weighted by molar-refractivity contribution is 5.94. The van der Waals surface area contributed by atoms with Crippen molar-refractivity contribution in [2.24, 2.45) is 0 Å². The van der Waals surface area contributed by atoms with Crippen molar-refractivity contribution < 1.29 is 19.0 Å². The van der Waals surface area contributed by atoms with Gasteiger partial charge in [0.25, 0.3) is 0 Å². The van der Waals surface area contributed by atoms with Crippen molar-refractivity contribution in [1.29, 1.82) is 0 Å². The number of anilines is 2. The second kappa shape index (κ2) is 9.93. The molecular weight excluding hydrogens is 498 g/mol. The second-order valence-corrected chi connectivity index (χ2v) is 8.95. The average Bonchev–Trinajstić information content (AvgIpc) is 3.42. The lowest BCUT2D eigenvalue weighted by Crippen LogP contribution is -2.55. The minimum atomic E-state index is -0.152. The van der Waals surface area contributed by atoms with Gasteiger partial charge in [-0.05, 0) is 47.5 Å². The van der Waals surface area contributed by atoms with Crippen LogP contribution in [0.4, 0.5) is 11.5 Å². The fraction of sp³-hybridized carbons (Fsp3) is 0.179. The molecule has 0 aliphatic carbocycles. The van der Waals surface area contributed by atoms with Gasteiger partial charge < -0.3 is 24.4 Å². The van der Waals surface area contributed by atoms with Crippen LogP contribution < -0.4 is 19.5 Å². The van der Waals surface area contributed by atoms with Crippen molar-refractivity contribution in [2.75, 3.05) is 32.6 Å². The maximum Gasteiger partial charge on any atom is 0.246 e. The molecule has 0 atom stereocenters. The van der Waals surface area contributed by atoms with E-state index in [1.165, 1.54) is 18.7 Å². The molecule has 0 unspecified atom stereocenters. The Labute approximate surface area is 223 Å². The van der Waals surface area contributed by atoms with E-state index in [1.54, 1.807) is 23.6 Å². The standard InChI is InChI=1S/C28H25N7O4/c1-4-27(36)34-13-19(14-34)39-25-11-20-21(12-24(25)38-3)29-15-31-28(20)33-22-9-17(5-6-23(22)37-2)18-7-8-35-26(10-18)30-16-32-35/h4-12,15-16,19H,1,13-14H2,2-3H3,(H,29,31,33). The van der Waals surface area contributed by atoms with Gasteiger partial charge in [-0.25, -0.2) is 19.5 Å². The molecule has 0 bridgehead atoms. The third-order valence-electron chi connectivity index (χ3n) is 6.62. The van der Waals surface area contributed by atoms with Crippen LogP contribution in [0, 0.1) is 0 Å². The van der Waals surface area contributed by atoms with Crippen molar-refractivity contribution in [3.05, 3.63) is 74.0 Å². The minimum absolute atomic E-state index is 0.113. The summed E-state index contributed by atoms with van der Waals surface area (Å²) in [6.45, 7) is 4.49. The van der Waals surface area contributed by atoms with Crippen molar-refractivity contribution in [1.82, 2.24) is 29.5 Å². The lowest BCUT2D eigenvalue weighted by molar-refractivity contribution is -0.134. The molecule has 196 valence electrons. The third kappa shape index (κ3) is 4.54. The van der Waals surface area contributed by atoms with E-state index in [0.29, 0.717) is 41.7 Å². The van der Waals surface area contributed by atoms with Crippen molar-refractivity contribution >= 4 is 34.0 Å². The number of hydrogen-bond donors (Lipinski definition) is 1. The Balaban J connectivity index is 1.33. The Morgan fingerprint density at radius 2 is 1.79 bits per heavy atom. The van der Waals surface area contributed by atoms with Gasteiger partial charge in [0.15, 0.2) is 17.1 Å². The summed E-state index contributed by atoms with van der Waals surface area (Å²) in [7, 11) is 3.20. The molecule has 5 aromatic rings. The maximum atomic E-state index is 11.8. The number of likely N-dealkylation sites (tertiary alicyclic amines) is 1. The van der Waals surface area contributed by atoms with E-state index in [4.69, 9.17) is 14.2 Å². The van der Waals surface area contributed by atoms with E-state index in [9.17, 15) is 4.79 Å². The fourth-order valence-electron chi connectivity index (χ4n) is 4.52. The molecule has 1 aliphatic heterocycles. The summed E-state index contributed by atoms with van der Waals surface area (Å²) in [4.78, 5) is 26.7. The Kier molecular flexibility index (Phi) is 6.16. The van der Waals surface area contributed by atoms with Crippen molar-refractivity contribution in [3.8, 4) is 28.4 Å². The van der Waals surface area contributed by atoms with Gasteiger partial charge in [-0.15, -0.1) is 0 Å². The molecule has 11 nitrogen and oxygen atoms in total. The van der Waals surface area contributed by atoms with E-state index < -0.39 is 0 Å². The van der Waals surface area contributed by atoms with E-state index in [2.05, 4.69) is 31.9 Å². The van der Waals surface area contributed by atoms with Crippen LogP contribution in [0.5, 0.6) is 17.2 Å². The van der Waals surface area contributed by atoms with E-state index in [-0.39, 0.29) is 12.0 Å². The molecule has 0 radical (unpaired) electrons. The molecule has 1 fully saturated rings. The number of rotatable bonds is 8. The second-order valence-electron chi connectivity index (χ2n) is 8.95. The first-order valence-corrected chi connectivity index (χ1v) is 12.2. The van der Waals surface area contributed by atoms with Crippen LogP contribution in [0.1, 0.15) is 0 Å². The number of carbonyl (C=O) groups excluding carboxylic acids is 1. The molecule has 1 amide bonds. The number of ether oxygens (including phenoxy) is 3. The van der Waals surface area contributed by atoms with Crippen LogP contribution in [-0.4, -0.2) is 68.8 Å². The SMILES string of the molecule is C=CC(=O)N1CC(Oc2cc3c(Nc4cc(-c5ccn6ncnc6c5)ccc4OC)ncnc3cc2OC)C1. The lowest BCUT2D eigenvalue weighted by atomic mass is 10.1. The molecule has 4 heterocycles. The molecule has 1 saturated heterocycles. The molecular formula is C28H25N7O4. The Bertz CT molecular complexity index is 1710. The zero-order valence-electron chi connectivity index (χ0n) is 21.4. The van der Waals surface area contributed by atoms with Crippen LogP contribution >= 0.6 is 0 Å². The normalized spacial score (nSPS) is 13.2. The summed E-state index contributed by atoms with van der Waals surface area (Å²) in [5.74, 6) is 2.20. The zero-order chi connectivity index (χ0) is 26.9. The Hall–Kier alpha value is -5.19. The van der Waals surface area contributed by atoms with Gasteiger partial charge >= 0.3 is 0 Å². The first kappa shape index (κ1) is 24.2. The number of pyridine rings is 1. The molecule has 3 aromatic heterocycles. The molecule has 6 rings (SSSR count). The number of carbonyl (C=O) groups is 1. The highest BCUT2D eigenvalue weighted by atomic mass is 16.5. The molecule has 0 saturated carbocycles. The largest absolute Gasteiger partial charge is 0.495 e. The quantitative estimate of drug-likeness (QED) is 0.303.